The first-order valence-corrected chi connectivity index (χ1v) is 4.88. The first-order valence-electron chi connectivity index (χ1n) is 4.06. The molecule has 0 atom stereocenters. The Balaban J connectivity index is 2.63. The average Bonchev–Trinajstić information content (AvgIpc) is 2.54. The number of hydrogen-bond donors (Lipinski definition) is 1. The topological polar surface area (TPSA) is 58.6 Å². The molecule has 0 radical (unpaired) electrons. The van der Waals surface area contributed by atoms with Crippen LogP contribution in [0.15, 0.2) is 29.5 Å². The van der Waals surface area contributed by atoms with Gasteiger partial charge in [-0.1, -0.05) is 0 Å². The fraction of sp³-hybridized carbons (Fsp3) is 0. The van der Waals surface area contributed by atoms with Crippen LogP contribution in [0.4, 0.5) is 0 Å². The van der Waals surface area contributed by atoms with Gasteiger partial charge in [0.1, 0.15) is 4.83 Å². The van der Waals surface area contributed by atoms with Crippen molar-refractivity contribution in [2.45, 2.75) is 0 Å². The molecule has 1 N–H and O–H groups in total. The Bertz CT molecular complexity index is 670. The van der Waals surface area contributed by atoms with Gasteiger partial charge in [0.05, 0.1) is 4.70 Å². The van der Waals surface area contributed by atoms with Gasteiger partial charge in [0.2, 0.25) is 0 Å². The molecule has 3 rings (SSSR count). The molecule has 68 valence electrons. The summed E-state index contributed by atoms with van der Waals surface area (Å²) in [6.07, 6.45) is 5.13. The number of H-pyrrole nitrogens is 1. The number of thiophene rings is 1. The SMILES string of the molecule is O=c1ncc2c([nH]1)sc1cnccc12. The van der Waals surface area contributed by atoms with Gasteiger partial charge in [-0.3, -0.25) is 9.97 Å². The van der Waals surface area contributed by atoms with Crippen molar-refractivity contribution in [2.75, 3.05) is 0 Å². The quantitative estimate of drug-likeness (QED) is 0.602. The minimum atomic E-state index is -0.308. The molecule has 14 heavy (non-hydrogen) atoms. The molecule has 0 unspecified atom stereocenters. The van der Waals surface area contributed by atoms with Crippen molar-refractivity contribution in [1.29, 1.82) is 0 Å². The third kappa shape index (κ3) is 0.958. The number of hydrogen-bond acceptors (Lipinski definition) is 4. The van der Waals surface area contributed by atoms with E-state index in [1.165, 1.54) is 11.3 Å². The summed E-state index contributed by atoms with van der Waals surface area (Å²) >= 11 is 1.52. The summed E-state index contributed by atoms with van der Waals surface area (Å²) in [7, 11) is 0. The van der Waals surface area contributed by atoms with Crippen LogP contribution in [0.3, 0.4) is 0 Å². The summed E-state index contributed by atoms with van der Waals surface area (Å²) in [5.74, 6) is 0. The smallest absolute Gasteiger partial charge is 0.297 e. The van der Waals surface area contributed by atoms with Gasteiger partial charge in [0, 0.05) is 29.4 Å². The van der Waals surface area contributed by atoms with Gasteiger partial charge in [-0.2, -0.15) is 0 Å². The molecule has 3 aromatic heterocycles. The molecule has 0 aromatic carbocycles. The second-order valence-corrected chi connectivity index (χ2v) is 3.96. The number of rotatable bonds is 0. The van der Waals surface area contributed by atoms with E-state index < -0.39 is 0 Å². The van der Waals surface area contributed by atoms with Gasteiger partial charge in [-0.05, 0) is 6.07 Å². The fourth-order valence-corrected chi connectivity index (χ4v) is 2.48. The molecule has 0 saturated carbocycles. The van der Waals surface area contributed by atoms with Gasteiger partial charge in [0.25, 0.3) is 0 Å². The molecule has 0 aliphatic rings. The Labute approximate surface area is 82.3 Å². The molecule has 3 aromatic rings. The van der Waals surface area contributed by atoms with E-state index in [2.05, 4.69) is 15.0 Å². The minimum absolute atomic E-state index is 0.308. The summed E-state index contributed by atoms with van der Waals surface area (Å²) in [6.45, 7) is 0. The average molecular weight is 203 g/mol. The minimum Gasteiger partial charge on any atom is -0.297 e. The maximum absolute atomic E-state index is 11.0. The molecule has 0 spiro atoms. The van der Waals surface area contributed by atoms with Crippen molar-refractivity contribution in [1.82, 2.24) is 15.0 Å². The second-order valence-electron chi connectivity index (χ2n) is 2.91. The molecule has 0 aliphatic carbocycles. The first-order chi connectivity index (χ1) is 6.84. The molecular weight excluding hydrogens is 198 g/mol. The van der Waals surface area contributed by atoms with Crippen molar-refractivity contribution in [3.63, 3.8) is 0 Å². The molecule has 0 saturated heterocycles. The van der Waals surface area contributed by atoms with E-state index in [1.807, 2.05) is 6.07 Å². The maximum Gasteiger partial charge on any atom is 0.345 e. The highest BCUT2D eigenvalue weighted by Crippen LogP contribution is 2.29. The zero-order valence-electron chi connectivity index (χ0n) is 7.02. The number of aromatic amines is 1. The lowest BCUT2D eigenvalue weighted by Crippen LogP contribution is -2.07. The third-order valence-electron chi connectivity index (χ3n) is 2.06. The molecule has 5 heteroatoms. The molecule has 0 amide bonds. The second kappa shape index (κ2) is 2.62. The number of fused-ring (bicyclic) bond motifs is 3. The molecule has 3 heterocycles. The normalized spacial score (nSPS) is 11.1. The van der Waals surface area contributed by atoms with Crippen LogP contribution in [0.25, 0.3) is 20.3 Å². The molecule has 0 fully saturated rings. The van der Waals surface area contributed by atoms with Crippen LogP contribution in [0.5, 0.6) is 0 Å². The predicted octanol–water partition coefficient (Wildman–Crippen LogP) is 1.53. The standard InChI is InChI=1S/C9H5N3OS/c13-9-11-3-6-5-1-2-10-4-7(5)14-8(6)12-9/h1-4H,(H,11,12,13). The summed E-state index contributed by atoms with van der Waals surface area (Å²) < 4.78 is 1.06. The van der Waals surface area contributed by atoms with Crippen molar-refractivity contribution >= 4 is 31.6 Å². The third-order valence-corrected chi connectivity index (χ3v) is 3.13. The number of aromatic nitrogens is 3. The van der Waals surface area contributed by atoms with Gasteiger partial charge in [-0.15, -0.1) is 11.3 Å². The largest absolute Gasteiger partial charge is 0.345 e. The Morgan fingerprint density at radius 3 is 3.14 bits per heavy atom. The predicted molar refractivity (Wildman–Crippen MR) is 55.5 cm³/mol. The van der Waals surface area contributed by atoms with Crippen molar-refractivity contribution in [3.05, 3.63) is 35.1 Å². The summed E-state index contributed by atoms with van der Waals surface area (Å²) in [6, 6.07) is 1.92. The van der Waals surface area contributed by atoms with Crippen LogP contribution in [0.2, 0.25) is 0 Å². The fourth-order valence-electron chi connectivity index (χ4n) is 1.44. The highest BCUT2D eigenvalue weighted by Gasteiger charge is 2.04. The highest BCUT2D eigenvalue weighted by molar-refractivity contribution is 7.25. The van der Waals surface area contributed by atoms with Crippen LogP contribution in [-0.2, 0) is 0 Å². The number of nitrogens with one attached hydrogen (secondary N) is 1. The van der Waals surface area contributed by atoms with Crippen molar-refractivity contribution in [3.8, 4) is 0 Å². The monoisotopic (exact) mass is 203 g/mol. The number of pyridine rings is 1. The molecule has 4 nitrogen and oxygen atoms in total. The van der Waals surface area contributed by atoms with E-state index in [4.69, 9.17) is 0 Å². The zero-order chi connectivity index (χ0) is 9.54. The lowest BCUT2D eigenvalue weighted by atomic mass is 10.2. The highest BCUT2D eigenvalue weighted by atomic mass is 32.1. The summed E-state index contributed by atoms with van der Waals surface area (Å²) in [4.78, 5) is 22.3. The van der Waals surface area contributed by atoms with Gasteiger partial charge < -0.3 is 0 Å². The van der Waals surface area contributed by atoms with E-state index in [0.29, 0.717) is 0 Å². The van der Waals surface area contributed by atoms with E-state index >= 15 is 0 Å². The first kappa shape index (κ1) is 7.64. The Kier molecular flexibility index (Phi) is 1.43. The van der Waals surface area contributed by atoms with Crippen LogP contribution < -0.4 is 5.69 Å². The van der Waals surface area contributed by atoms with Gasteiger partial charge in [0.15, 0.2) is 0 Å². The molecule has 0 bridgehead atoms. The van der Waals surface area contributed by atoms with Crippen molar-refractivity contribution < 1.29 is 0 Å². The van der Waals surface area contributed by atoms with E-state index in [9.17, 15) is 4.79 Å². The summed E-state index contributed by atoms with van der Waals surface area (Å²) in [5, 5.41) is 2.07. The Hall–Kier alpha value is -1.75. The maximum atomic E-state index is 11.0. The number of nitrogens with zero attached hydrogens (tertiary/aromatic N) is 2. The molecular formula is C9H5N3OS. The van der Waals surface area contributed by atoms with Gasteiger partial charge >= 0.3 is 5.69 Å². The van der Waals surface area contributed by atoms with Gasteiger partial charge in [-0.25, -0.2) is 9.78 Å². The van der Waals surface area contributed by atoms with E-state index in [-0.39, 0.29) is 5.69 Å². The zero-order valence-corrected chi connectivity index (χ0v) is 7.84. The summed E-state index contributed by atoms with van der Waals surface area (Å²) in [5.41, 5.74) is -0.308. The van der Waals surface area contributed by atoms with Crippen LogP contribution in [-0.4, -0.2) is 15.0 Å². The van der Waals surface area contributed by atoms with Crippen LogP contribution >= 0.6 is 11.3 Å². The lowest BCUT2D eigenvalue weighted by Gasteiger charge is -1.87. The van der Waals surface area contributed by atoms with Crippen LogP contribution in [0.1, 0.15) is 0 Å². The molecule has 0 aliphatic heterocycles. The van der Waals surface area contributed by atoms with Crippen molar-refractivity contribution in [2.24, 2.45) is 0 Å². The lowest BCUT2D eigenvalue weighted by molar-refractivity contribution is 1.13. The Morgan fingerprint density at radius 1 is 1.29 bits per heavy atom. The van der Waals surface area contributed by atoms with Crippen LogP contribution in [0, 0.1) is 0 Å². The van der Waals surface area contributed by atoms with E-state index in [1.54, 1.807) is 18.6 Å². The van der Waals surface area contributed by atoms with E-state index in [0.717, 1.165) is 20.3 Å². The Morgan fingerprint density at radius 2 is 2.21 bits per heavy atom.